The van der Waals surface area contributed by atoms with E-state index in [0.717, 1.165) is 12.1 Å². The van der Waals surface area contributed by atoms with Crippen molar-refractivity contribution in [1.29, 1.82) is 0 Å². The van der Waals surface area contributed by atoms with E-state index in [4.69, 9.17) is 9.47 Å². The van der Waals surface area contributed by atoms with E-state index in [1.807, 2.05) is 0 Å². The Balaban J connectivity index is 1.82. The van der Waals surface area contributed by atoms with Crippen LogP contribution in [0.4, 0.5) is 11.4 Å². The molecule has 1 amide bonds. The Morgan fingerprint density at radius 3 is 2.35 bits per heavy atom. The van der Waals surface area contributed by atoms with E-state index >= 15 is 0 Å². The number of rotatable bonds is 6. The van der Waals surface area contributed by atoms with Gasteiger partial charge in [-0.2, -0.15) is 0 Å². The highest BCUT2D eigenvalue weighted by molar-refractivity contribution is 7.92. The summed E-state index contributed by atoms with van der Waals surface area (Å²) < 4.78 is 38.1. The predicted molar refractivity (Wildman–Crippen MR) is 98.4 cm³/mol. The number of carbonyl (C=O) groups excluding carboxylic acids is 1. The minimum atomic E-state index is -3.83. The molecule has 8 heteroatoms. The van der Waals surface area contributed by atoms with E-state index in [0.29, 0.717) is 24.4 Å². The fourth-order valence-corrected chi connectivity index (χ4v) is 4.05. The Morgan fingerprint density at radius 2 is 1.77 bits per heavy atom. The number of sulfonamides is 1. The zero-order valence-corrected chi connectivity index (χ0v) is 15.4. The smallest absolute Gasteiger partial charge is 0.265 e. The average molecular weight is 376 g/mol. The normalized spacial score (nSPS) is 14.4. The summed E-state index contributed by atoms with van der Waals surface area (Å²) in [5.41, 5.74) is 1.16. The van der Waals surface area contributed by atoms with Crippen molar-refractivity contribution in [1.82, 2.24) is 0 Å². The van der Waals surface area contributed by atoms with Crippen LogP contribution in [0.2, 0.25) is 0 Å². The fourth-order valence-electron chi connectivity index (χ4n) is 2.84. The van der Waals surface area contributed by atoms with Gasteiger partial charge in [0.05, 0.1) is 14.2 Å². The SMILES string of the molecule is COc1ccc(S(=O)(=O)Nc2ccc(N3CCCC3=O)cc2)c(OC)c1. The molecule has 0 spiro atoms. The van der Waals surface area contributed by atoms with Gasteiger partial charge in [-0.25, -0.2) is 8.42 Å². The first kappa shape index (κ1) is 18.1. The maximum absolute atomic E-state index is 12.7. The summed E-state index contributed by atoms with van der Waals surface area (Å²) in [6, 6.07) is 11.2. The summed E-state index contributed by atoms with van der Waals surface area (Å²) in [6.45, 7) is 0.687. The molecule has 1 aliphatic heterocycles. The molecule has 0 unspecified atom stereocenters. The third-order valence-electron chi connectivity index (χ3n) is 4.16. The summed E-state index contributed by atoms with van der Waals surface area (Å²) in [7, 11) is -0.942. The first-order chi connectivity index (χ1) is 12.4. The van der Waals surface area contributed by atoms with Crippen molar-refractivity contribution < 1.29 is 22.7 Å². The van der Waals surface area contributed by atoms with E-state index < -0.39 is 10.0 Å². The Morgan fingerprint density at radius 1 is 1.04 bits per heavy atom. The third kappa shape index (κ3) is 3.60. The second-order valence-electron chi connectivity index (χ2n) is 5.82. The fraction of sp³-hybridized carbons (Fsp3) is 0.278. The van der Waals surface area contributed by atoms with Crippen molar-refractivity contribution in [2.75, 3.05) is 30.4 Å². The Kier molecular flexibility index (Phi) is 5.03. The number of carbonyl (C=O) groups is 1. The molecule has 0 aliphatic carbocycles. The number of ether oxygens (including phenoxy) is 2. The van der Waals surface area contributed by atoms with E-state index in [1.54, 1.807) is 35.2 Å². The van der Waals surface area contributed by atoms with Crippen molar-refractivity contribution in [3.05, 3.63) is 42.5 Å². The van der Waals surface area contributed by atoms with Crippen LogP contribution in [0.1, 0.15) is 12.8 Å². The van der Waals surface area contributed by atoms with E-state index in [9.17, 15) is 13.2 Å². The van der Waals surface area contributed by atoms with Crippen LogP contribution in [-0.2, 0) is 14.8 Å². The lowest BCUT2D eigenvalue weighted by molar-refractivity contribution is -0.117. The van der Waals surface area contributed by atoms with Gasteiger partial charge in [0.15, 0.2) is 0 Å². The molecule has 26 heavy (non-hydrogen) atoms. The van der Waals surface area contributed by atoms with Gasteiger partial charge >= 0.3 is 0 Å². The zero-order chi connectivity index (χ0) is 18.7. The van der Waals surface area contributed by atoms with Crippen LogP contribution in [-0.4, -0.2) is 35.1 Å². The number of benzene rings is 2. The Hall–Kier alpha value is -2.74. The highest BCUT2D eigenvalue weighted by Gasteiger charge is 2.23. The number of methoxy groups -OCH3 is 2. The number of nitrogens with zero attached hydrogens (tertiary/aromatic N) is 1. The van der Waals surface area contributed by atoms with Crippen LogP contribution in [0.15, 0.2) is 47.4 Å². The van der Waals surface area contributed by atoms with Gasteiger partial charge in [-0.3, -0.25) is 9.52 Å². The second-order valence-corrected chi connectivity index (χ2v) is 7.47. The first-order valence-corrected chi connectivity index (χ1v) is 9.58. The first-order valence-electron chi connectivity index (χ1n) is 8.10. The van der Waals surface area contributed by atoms with Gasteiger partial charge < -0.3 is 14.4 Å². The molecular formula is C18H20N2O5S. The summed E-state index contributed by atoms with van der Waals surface area (Å²) in [6.07, 6.45) is 1.39. The average Bonchev–Trinajstić information content (AvgIpc) is 3.07. The van der Waals surface area contributed by atoms with Crippen molar-refractivity contribution in [3.63, 3.8) is 0 Å². The van der Waals surface area contributed by atoms with Gasteiger partial charge in [-0.1, -0.05) is 0 Å². The molecule has 1 heterocycles. The second kappa shape index (κ2) is 7.25. The molecule has 0 aromatic heterocycles. The molecular weight excluding hydrogens is 356 g/mol. The van der Waals surface area contributed by atoms with Gasteiger partial charge in [-0.15, -0.1) is 0 Å². The van der Waals surface area contributed by atoms with E-state index in [-0.39, 0.29) is 16.6 Å². The minimum absolute atomic E-state index is 0.0135. The van der Waals surface area contributed by atoms with Crippen molar-refractivity contribution >= 4 is 27.3 Å². The highest BCUT2D eigenvalue weighted by atomic mass is 32.2. The standard InChI is InChI=1S/C18H20N2O5S/c1-24-15-9-10-17(16(12-15)25-2)26(22,23)19-13-5-7-14(8-6-13)20-11-3-4-18(20)21/h5-10,12,19H,3-4,11H2,1-2H3. The molecule has 1 saturated heterocycles. The number of amides is 1. The summed E-state index contributed by atoms with van der Waals surface area (Å²) in [5.74, 6) is 0.776. The number of hydrogen-bond acceptors (Lipinski definition) is 5. The molecule has 2 aromatic rings. The molecule has 7 nitrogen and oxygen atoms in total. The van der Waals surface area contributed by atoms with Crippen LogP contribution in [0.5, 0.6) is 11.5 Å². The quantitative estimate of drug-likeness (QED) is 0.838. The molecule has 1 aliphatic rings. The van der Waals surface area contributed by atoms with Gasteiger partial charge in [0.2, 0.25) is 5.91 Å². The Bertz CT molecular complexity index is 910. The molecule has 0 radical (unpaired) electrons. The number of hydrogen-bond donors (Lipinski definition) is 1. The zero-order valence-electron chi connectivity index (χ0n) is 14.6. The number of anilines is 2. The highest BCUT2D eigenvalue weighted by Crippen LogP contribution is 2.30. The Labute approximate surface area is 152 Å². The van der Waals surface area contributed by atoms with Crippen LogP contribution < -0.4 is 19.1 Å². The lowest BCUT2D eigenvalue weighted by Gasteiger charge is -2.16. The topological polar surface area (TPSA) is 84.9 Å². The van der Waals surface area contributed by atoms with Crippen LogP contribution >= 0.6 is 0 Å². The summed E-state index contributed by atoms with van der Waals surface area (Å²) in [4.78, 5) is 13.5. The van der Waals surface area contributed by atoms with Crippen LogP contribution in [0.3, 0.4) is 0 Å². The summed E-state index contributed by atoms with van der Waals surface area (Å²) in [5, 5.41) is 0. The lowest BCUT2D eigenvalue weighted by atomic mass is 10.2. The van der Waals surface area contributed by atoms with Gasteiger partial charge in [-0.05, 0) is 42.8 Å². The van der Waals surface area contributed by atoms with Gasteiger partial charge in [0.25, 0.3) is 10.0 Å². The largest absolute Gasteiger partial charge is 0.497 e. The van der Waals surface area contributed by atoms with Gasteiger partial charge in [0, 0.05) is 30.4 Å². The molecule has 0 atom stereocenters. The van der Waals surface area contributed by atoms with E-state index in [2.05, 4.69) is 4.72 Å². The van der Waals surface area contributed by atoms with Crippen molar-refractivity contribution in [2.24, 2.45) is 0 Å². The van der Waals surface area contributed by atoms with Crippen LogP contribution in [0, 0.1) is 0 Å². The molecule has 0 bridgehead atoms. The monoisotopic (exact) mass is 376 g/mol. The number of nitrogens with one attached hydrogen (secondary N) is 1. The molecule has 2 aromatic carbocycles. The molecule has 0 saturated carbocycles. The molecule has 1 N–H and O–H groups in total. The maximum Gasteiger partial charge on any atom is 0.265 e. The molecule has 138 valence electrons. The third-order valence-corrected chi connectivity index (χ3v) is 5.59. The van der Waals surface area contributed by atoms with Crippen molar-refractivity contribution in [3.8, 4) is 11.5 Å². The molecule has 3 rings (SSSR count). The predicted octanol–water partition coefficient (Wildman–Crippen LogP) is 2.63. The van der Waals surface area contributed by atoms with Crippen molar-refractivity contribution in [2.45, 2.75) is 17.7 Å². The maximum atomic E-state index is 12.7. The lowest BCUT2D eigenvalue weighted by Crippen LogP contribution is -2.23. The summed E-state index contributed by atoms with van der Waals surface area (Å²) >= 11 is 0. The van der Waals surface area contributed by atoms with E-state index in [1.165, 1.54) is 26.4 Å². The minimum Gasteiger partial charge on any atom is -0.497 e. The van der Waals surface area contributed by atoms with Crippen LogP contribution in [0.25, 0.3) is 0 Å². The molecule has 1 fully saturated rings. The van der Waals surface area contributed by atoms with Gasteiger partial charge in [0.1, 0.15) is 16.4 Å².